The number of aromatic amines is 1. The molecule has 10 aromatic carbocycles. The molecule has 0 aliphatic rings. The maximum atomic E-state index is 14.4. The Bertz CT molecular complexity index is 8080. The van der Waals surface area contributed by atoms with Gasteiger partial charge in [-0.1, -0.05) is 152 Å². The van der Waals surface area contributed by atoms with Crippen LogP contribution in [0.4, 0.5) is 70.2 Å². The van der Waals surface area contributed by atoms with Gasteiger partial charge in [0.25, 0.3) is 5.56 Å². The number of aliphatic carboxylic acids is 4. The largest absolute Gasteiger partial charge is 0.477 e. The molecule has 0 aliphatic heterocycles. The van der Waals surface area contributed by atoms with Gasteiger partial charge in [-0.3, -0.25) is 4.79 Å². The number of carboxylic acids is 4. The van der Waals surface area contributed by atoms with Crippen LogP contribution < -0.4 is 14.8 Å². The van der Waals surface area contributed by atoms with Crippen LogP contribution in [0.2, 0.25) is 10.0 Å². The molecule has 6 heterocycles. The van der Waals surface area contributed by atoms with Gasteiger partial charge in [0.05, 0.1) is 64.1 Å². The minimum atomic E-state index is -4.50. The van der Waals surface area contributed by atoms with Crippen molar-refractivity contribution in [1.82, 2.24) is 27.8 Å². The van der Waals surface area contributed by atoms with Crippen LogP contribution in [0.15, 0.2) is 251 Å². The Hall–Kier alpha value is -16.2. The lowest BCUT2D eigenvalue weighted by molar-refractivity contribution is -0.138. The number of carboxylic acid groups (broad SMARTS) is 4. The van der Waals surface area contributed by atoms with E-state index in [0.717, 1.165) is 77.1 Å². The van der Waals surface area contributed by atoms with Crippen molar-refractivity contribution in [2.75, 3.05) is 0 Å². The predicted molar refractivity (Wildman–Crippen MR) is 522 cm³/mol. The van der Waals surface area contributed by atoms with Gasteiger partial charge in [0.1, 0.15) is 52.4 Å². The number of alkyl halides is 15. The molecule has 19 nitrogen and oxygen atoms in total. The molecule has 0 bridgehead atoms. The third kappa shape index (κ3) is 26.6. The van der Waals surface area contributed by atoms with Crippen molar-refractivity contribution in [1.29, 1.82) is 21.0 Å². The molecule has 0 unspecified atom stereocenters. The number of H-pyrrole nitrogens is 1. The molecule has 16 rings (SSSR count). The van der Waals surface area contributed by atoms with E-state index < -0.39 is 111 Å². The minimum absolute atomic E-state index is 0.00745. The second-order valence-electron chi connectivity index (χ2n) is 33.1. The van der Waals surface area contributed by atoms with E-state index in [1.165, 1.54) is 64.6 Å². The number of fused-ring (bicyclic) bond motifs is 5. The van der Waals surface area contributed by atoms with Crippen molar-refractivity contribution in [3.63, 3.8) is 0 Å². The molecule has 0 spiro atoms. The van der Waals surface area contributed by atoms with E-state index in [9.17, 15) is 94.2 Å². The molecule has 0 fully saturated rings. The summed E-state index contributed by atoms with van der Waals surface area (Å²) >= 11 is 17.1. The second-order valence-corrected chi connectivity index (χ2v) is 35.9. The van der Waals surface area contributed by atoms with Gasteiger partial charge in [-0.2, -0.15) is 86.9 Å². The molecule has 39 heteroatoms. The van der Waals surface area contributed by atoms with Gasteiger partial charge in [0, 0.05) is 133 Å². The predicted octanol–water partition coefficient (Wildman–Crippen LogP) is 26.2. The molecule has 0 saturated carbocycles. The first-order valence-corrected chi connectivity index (χ1v) is 44.8. The van der Waals surface area contributed by atoms with Gasteiger partial charge in [-0.05, 0) is 202 Å². The van der Waals surface area contributed by atoms with Crippen molar-refractivity contribution in [2.45, 2.75) is 98.2 Å². The average molecular weight is 2120 g/mol. The first kappa shape index (κ1) is 108. The second kappa shape index (κ2) is 44.1. The Morgan fingerprint density at radius 1 is 0.393 bits per heavy atom. The van der Waals surface area contributed by atoms with Gasteiger partial charge in [-0.25, -0.2) is 23.6 Å². The number of rotatable bonds is 19. The number of benzene rings is 10. The zero-order chi connectivity index (χ0) is 106. The monoisotopic (exact) mass is 2110 g/mol. The first-order valence-electron chi connectivity index (χ1n) is 42.5. The standard InChI is InChI=1S/C22H17F3N2OS.C21H14BrF3N2O2.2C21H14ClF3N2O2.C21H14F4N2O2/c1-13-7-15(9-17(8-13)22(23,24)25)11-27-12-16(18-5-3-4-6-19(18)27)10-20-21(28)26-14(2)29-20;1-12-5-13(7-16(6-12)21(23,24)25)10-27-11-15(8-14(9-26)20(28)29)19-17(22)3-2-4-18(19)27;1-12-4-13(6-16(5-12)21(23,24)25)10-27-11-15(7-14(9-26)20(28)29)18-3-2-17(22)8-19(18)27;1-12-5-13(7-16(6-12)21(23,24)25)10-27-11-15(8-14(9-26)20(28)29)17-3-2-4-18(22)19(17)27;1-12-5-13(7-16(6-12)21(23,24)25)10-27-11-15(8-14(9-26)20(28)29)19-17(22)3-2-4-18(19)27/h3-10,12H,2,11H2,1H3,(H,26,28);4*2-8,11H,10H2,1H3,(H,28,29)/b20-10-;14-8+;14-7+;2*14-8+. The van der Waals surface area contributed by atoms with Crippen LogP contribution in [0.25, 0.3) is 91.5 Å². The lowest BCUT2D eigenvalue weighted by atomic mass is 10.1. The third-order valence-corrected chi connectivity index (χ3v) is 24.1. The van der Waals surface area contributed by atoms with E-state index in [2.05, 4.69) is 27.5 Å². The minimum Gasteiger partial charge on any atom is -0.477 e. The number of aromatic nitrogens is 6. The van der Waals surface area contributed by atoms with Crippen LogP contribution in [0.3, 0.4) is 0 Å². The van der Waals surface area contributed by atoms with E-state index in [0.29, 0.717) is 141 Å². The molecule has 740 valence electrons. The first-order chi connectivity index (χ1) is 68.1. The average Bonchev–Trinajstić information content (AvgIpc) is 1.61. The van der Waals surface area contributed by atoms with Gasteiger partial charge in [0.15, 0.2) is 0 Å². The molecule has 0 radical (unpaired) electrons. The molecule has 0 aliphatic carbocycles. The summed E-state index contributed by atoms with van der Waals surface area (Å²) in [6, 6.07) is 52.7. The summed E-state index contributed by atoms with van der Waals surface area (Å²) in [5, 5.41) is 76.2. The highest BCUT2D eigenvalue weighted by Gasteiger charge is 2.36. The van der Waals surface area contributed by atoms with Gasteiger partial charge >= 0.3 is 54.8 Å². The zero-order valence-corrected chi connectivity index (χ0v) is 79.8. The molecular weight excluding hydrogens is 2040 g/mol. The van der Waals surface area contributed by atoms with Crippen LogP contribution in [0, 0.1) is 85.8 Å². The Morgan fingerprint density at radius 3 is 1.10 bits per heavy atom. The van der Waals surface area contributed by atoms with Crippen LogP contribution in [-0.2, 0) is 82.8 Å². The van der Waals surface area contributed by atoms with Crippen molar-refractivity contribution in [3.8, 4) is 24.3 Å². The van der Waals surface area contributed by atoms with Crippen LogP contribution in [0.1, 0.15) is 111 Å². The van der Waals surface area contributed by atoms with Crippen LogP contribution >= 0.6 is 50.5 Å². The molecule has 6 aromatic heterocycles. The highest BCUT2D eigenvalue weighted by Crippen LogP contribution is 2.41. The van der Waals surface area contributed by atoms with Gasteiger partial charge in [0.2, 0.25) is 0 Å². The SMILES string of the molecule is C=c1[nH]c(=O)/c(=C/c2cn(Cc3cc(C)cc(C(F)(F)F)c3)c3ccccc23)s1.Cc1cc(Cn2cc(/C=C(\C#N)C(=O)O)c3c(Br)cccc32)cc(C(F)(F)F)c1.Cc1cc(Cn2cc(/C=C(\C#N)C(=O)O)c3c(F)cccc32)cc(C(F)(F)F)c1.Cc1cc(Cn2cc(/C=C(\C#N)C(=O)O)c3ccc(Cl)cc32)cc(C(F)(F)F)c1.Cc1cc(Cn2cc(/C=C(\C#N)C(=O)O)c3cccc(Cl)c32)cc(C(F)(F)F)c1. The summed E-state index contributed by atoms with van der Waals surface area (Å²) in [5.41, 5.74) is 4.36. The van der Waals surface area contributed by atoms with Crippen LogP contribution in [-0.4, -0.2) is 72.1 Å². The number of para-hydroxylation sites is 2. The lowest BCUT2D eigenvalue weighted by Gasteiger charge is -2.12. The number of nitrogens with zero attached hydrogens (tertiary/aromatic N) is 9. The summed E-state index contributed by atoms with van der Waals surface area (Å²) in [6.45, 7) is 12.4. The Balaban J connectivity index is 0.000000161. The number of thiazole rings is 1. The highest BCUT2D eigenvalue weighted by molar-refractivity contribution is 9.10. The van der Waals surface area contributed by atoms with Crippen molar-refractivity contribution < 1.29 is 110 Å². The van der Waals surface area contributed by atoms with Gasteiger partial charge < -0.3 is 48.2 Å². The highest BCUT2D eigenvalue weighted by atomic mass is 79.9. The van der Waals surface area contributed by atoms with Crippen molar-refractivity contribution in [3.05, 3.63) is 392 Å². The number of carbonyl (C=O) groups is 4. The molecular formula is C106H73BrCl2F16N10O9S. The quantitative estimate of drug-likeness (QED) is 0.0286. The molecule has 145 heavy (non-hydrogen) atoms. The van der Waals surface area contributed by atoms with Crippen molar-refractivity contribution in [2.24, 2.45) is 0 Å². The number of nitriles is 4. The summed E-state index contributed by atoms with van der Waals surface area (Å²) in [6.07, 6.45) is -7.64. The van der Waals surface area contributed by atoms with Crippen LogP contribution in [0.5, 0.6) is 0 Å². The summed E-state index contributed by atoms with van der Waals surface area (Å²) < 4.78 is 222. The number of hydrogen-bond acceptors (Lipinski definition) is 10. The topological polar surface area (TPSA) is 302 Å². The fourth-order valence-electron chi connectivity index (χ4n) is 16.2. The Labute approximate surface area is 834 Å². The normalized spacial score (nSPS) is 12.3. The third-order valence-electron chi connectivity index (χ3n) is 22.0. The molecule has 16 aromatic rings. The smallest absolute Gasteiger partial charge is 0.416 e. The summed E-state index contributed by atoms with van der Waals surface area (Å²) in [4.78, 5) is 59.3. The van der Waals surface area contributed by atoms with E-state index in [4.69, 9.17) is 64.7 Å². The summed E-state index contributed by atoms with van der Waals surface area (Å²) in [5.74, 6) is -6.18. The van der Waals surface area contributed by atoms with E-state index in [-0.39, 0.29) is 42.7 Å². The number of hydrogen-bond donors (Lipinski definition) is 5. The molecule has 5 N–H and O–H groups in total. The number of aryl methyl sites for hydroxylation is 5. The number of nitrogens with one attached hydrogen (secondary N) is 1. The van der Waals surface area contributed by atoms with E-state index in [1.807, 2.05) is 35.0 Å². The molecule has 0 atom stereocenters. The summed E-state index contributed by atoms with van der Waals surface area (Å²) in [7, 11) is 0. The Morgan fingerprint density at radius 2 is 0.710 bits per heavy atom. The molecule has 0 amide bonds. The maximum absolute atomic E-state index is 14.4. The number of halogens is 19. The maximum Gasteiger partial charge on any atom is 0.416 e. The van der Waals surface area contributed by atoms with E-state index in [1.54, 1.807) is 182 Å². The molecule has 0 saturated heterocycles. The van der Waals surface area contributed by atoms with E-state index >= 15 is 0 Å². The fraction of sp³-hybridized carbons (Fsp3) is 0.142. The zero-order valence-electron chi connectivity index (χ0n) is 75.9. The fourth-order valence-corrected chi connectivity index (χ4v) is 18.0. The van der Waals surface area contributed by atoms with Crippen molar-refractivity contribution >= 4 is 166 Å². The Kier molecular flexibility index (Phi) is 32.8. The lowest BCUT2D eigenvalue weighted by Crippen LogP contribution is -2.19. The van der Waals surface area contributed by atoms with Gasteiger partial charge in [-0.15, -0.1) is 11.3 Å².